The largest absolute Gasteiger partial charge is 0.358 e. The highest BCUT2D eigenvalue weighted by atomic mass is 16.6. The number of hydrogen-bond donors (Lipinski definition) is 2. The molecule has 1 amide bonds. The maximum Gasteiger partial charge on any atom is 0.321 e. The second-order valence-electron chi connectivity index (χ2n) is 4.43. The lowest BCUT2D eigenvalue weighted by Gasteiger charge is -2.30. The minimum absolute atomic E-state index is 0.147. The Morgan fingerprint density at radius 2 is 2.33 bits per heavy atom. The van der Waals surface area contributed by atoms with Crippen LogP contribution in [0.15, 0.2) is 12.1 Å². The van der Waals surface area contributed by atoms with Crippen molar-refractivity contribution in [2.24, 2.45) is 0 Å². The van der Waals surface area contributed by atoms with Crippen molar-refractivity contribution in [2.45, 2.75) is 18.9 Å². The molecule has 0 radical (unpaired) electrons. The molecule has 1 atom stereocenters. The van der Waals surface area contributed by atoms with Crippen LogP contribution in [0.4, 0.5) is 5.82 Å². The Hall–Kier alpha value is -1.89. The molecule has 0 aliphatic carbocycles. The number of nitrogens with zero attached hydrogens (tertiary/aromatic N) is 2. The number of likely N-dealkylation sites (N-methyl/N-ethyl adjacent to an activating group) is 1. The Kier molecular flexibility index (Phi) is 3.61. The fourth-order valence-corrected chi connectivity index (χ4v) is 2.13. The number of rotatable bonds is 3. The highest BCUT2D eigenvalue weighted by Crippen LogP contribution is 2.15. The second-order valence-corrected chi connectivity index (χ2v) is 4.43. The molecule has 1 unspecified atom stereocenters. The van der Waals surface area contributed by atoms with Gasteiger partial charge in [0.15, 0.2) is 5.69 Å². The van der Waals surface area contributed by atoms with E-state index >= 15 is 0 Å². The zero-order valence-corrected chi connectivity index (χ0v) is 10.2. The van der Waals surface area contributed by atoms with Gasteiger partial charge >= 0.3 is 5.82 Å². The van der Waals surface area contributed by atoms with Gasteiger partial charge in [0, 0.05) is 25.7 Å². The number of nitro groups is 1. The van der Waals surface area contributed by atoms with E-state index in [9.17, 15) is 14.9 Å². The lowest BCUT2D eigenvalue weighted by Crippen LogP contribution is -2.46. The molecule has 1 aromatic rings. The average Bonchev–Trinajstić information content (AvgIpc) is 2.88. The summed E-state index contributed by atoms with van der Waals surface area (Å²) in [5.41, 5.74) is 0.259. The third-order valence-corrected chi connectivity index (χ3v) is 3.24. The van der Waals surface area contributed by atoms with E-state index in [1.54, 1.807) is 11.9 Å². The van der Waals surface area contributed by atoms with Crippen LogP contribution in [0, 0.1) is 10.1 Å². The molecule has 1 saturated heterocycles. The summed E-state index contributed by atoms with van der Waals surface area (Å²) in [5.74, 6) is -0.370. The number of carbonyl (C=O) groups excluding carboxylic acids is 1. The van der Waals surface area contributed by atoms with Gasteiger partial charge in [-0.2, -0.15) is 0 Å². The lowest BCUT2D eigenvalue weighted by atomic mass is 10.1. The molecule has 0 saturated carbocycles. The van der Waals surface area contributed by atoms with Crippen LogP contribution < -0.4 is 5.32 Å². The number of carbonyl (C=O) groups is 1. The van der Waals surface area contributed by atoms with E-state index in [1.165, 1.54) is 12.1 Å². The van der Waals surface area contributed by atoms with E-state index in [2.05, 4.69) is 10.3 Å². The number of nitrogens with one attached hydrogen (secondary N) is 2. The summed E-state index contributed by atoms with van der Waals surface area (Å²) in [4.78, 5) is 26.3. The van der Waals surface area contributed by atoms with Gasteiger partial charge in [-0.1, -0.05) is 0 Å². The summed E-state index contributed by atoms with van der Waals surface area (Å²) in [6.45, 7) is 1.75. The molecule has 0 spiro atoms. The summed E-state index contributed by atoms with van der Waals surface area (Å²) >= 11 is 0. The SMILES string of the molecule is CN(C(=O)c1ccc([N+](=O)[O-])[nH]1)C1CCCNC1. The maximum absolute atomic E-state index is 12.1. The summed E-state index contributed by atoms with van der Waals surface area (Å²) in [5, 5.41) is 13.8. The van der Waals surface area contributed by atoms with E-state index in [-0.39, 0.29) is 23.5 Å². The zero-order chi connectivity index (χ0) is 13.1. The fraction of sp³-hybridized carbons (Fsp3) is 0.545. The van der Waals surface area contributed by atoms with E-state index < -0.39 is 4.92 Å². The highest BCUT2D eigenvalue weighted by molar-refractivity contribution is 5.93. The van der Waals surface area contributed by atoms with E-state index in [0.29, 0.717) is 0 Å². The highest BCUT2D eigenvalue weighted by Gasteiger charge is 2.25. The summed E-state index contributed by atoms with van der Waals surface area (Å²) in [6, 6.07) is 2.90. The third-order valence-electron chi connectivity index (χ3n) is 3.24. The Bertz CT molecular complexity index is 451. The Labute approximate surface area is 104 Å². The van der Waals surface area contributed by atoms with Crippen molar-refractivity contribution in [1.29, 1.82) is 0 Å². The van der Waals surface area contributed by atoms with Crippen molar-refractivity contribution in [2.75, 3.05) is 20.1 Å². The van der Waals surface area contributed by atoms with E-state index in [4.69, 9.17) is 0 Å². The molecular weight excluding hydrogens is 236 g/mol. The van der Waals surface area contributed by atoms with Crippen LogP contribution in [-0.4, -0.2) is 46.9 Å². The molecule has 2 N–H and O–H groups in total. The predicted molar refractivity (Wildman–Crippen MR) is 65.4 cm³/mol. The molecule has 0 bridgehead atoms. The van der Waals surface area contributed by atoms with Gasteiger partial charge in [0.2, 0.25) is 0 Å². The molecule has 18 heavy (non-hydrogen) atoms. The topological polar surface area (TPSA) is 91.3 Å². The first-order chi connectivity index (χ1) is 8.59. The van der Waals surface area contributed by atoms with Crippen LogP contribution in [-0.2, 0) is 0 Å². The molecule has 0 aromatic carbocycles. The fourth-order valence-electron chi connectivity index (χ4n) is 2.13. The number of piperidine rings is 1. The van der Waals surface area contributed by atoms with Crippen LogP contribution in [0.25, 0.3) is 0 Å². The van der Waals surface area contributed by atoms with Gasteiger partial charge in [0.25, 0.3) is 5.91 Å². The Morgan fingerprint density at radius 1 is 1.56 bits per heavy atom. The second kappa shape index (κ2) is 5.18. The maximum atomic E-state index is 12.1. The quantitative estimate of drug-likeness (QED) is 0.613. The Balaban J connectivity index is 2.07. The van der Waals surface area contributed by atoms with Crippen molar-refractivity contribution in [3.63, 3.8) is 0 Å². The van der Waals surface area contributed by atoms with Crippen LogP contribution >= 0.6 is 0 Å². The third kappa shape index (κ3) is 2.51. The van der Waals surface area contributed by atoms with Crippen LogP contribution in [0.1, 0.15) is 23.3 Å². The zero-order valence-electron chi connectivity index (χ0n) is 10.2. The first-order valence-corrected chi connectivity index (χ1v) is 5.91. The first kappa shape index (κ1) is 12.6. The number of hydrogen-bond acceptors (Lipinski definition) is 4. The van der Waals surface area contributed by atoms with Gasteiger partial charge in [-0.25, -0.2) is 4.98 Å². The molecule has 2 heterocycles. The van der Waals surface area contributed by atoms with Gasteiger partial charge < -0.3 is 20.3 Å². The molecule has 1 aliphatic rings. The molecular formula is C11H16N4O3. The molecule has 2 rings (SSSR count). The number of aromatic amines is 1. The summed E-state index contributed by atoms with van der Waals surface area (Å²) in [7, 11) is 1.73. The van der Waals surface area contributed by atoms with E-state index in [0.717, 1.165) is 25.9 Å². The minimum atomic E-state index is -0.543. The van der Waals surface area contributed by atoms with Crippen molar-refractivity contribution in [1.82, 2.24) is 15.2 Å². The molecule has 7 heteroatoms. The molecule has 1 aliphatic heterocycles. The average molecular weight is 252 g/mol. The number of H-pyrrole nitrogens is 1. The summed E-state index contributed by atoms with van der Waals surface area (Å²) < 4.78 is 0. The van der Waals surface area contributed by atoms with Gasteiger partial charge in [-0.05, 0) is 30.4 Å². The van der Waals surface area contributed by atoms with E-state index in [1.807, 2.05) is 0 Å². The normalized spacial score (nSPS) is 19.5. The van der Waals surface area contributed by atoms with Crippen LogP contribution in [0.5, 0.6) is 0 Å². The van der Waals surface area contributed by atoms with Crippen LogP contribution in [0.3, 0.4) is 0 Å². The predicted octanol–water partition coefficient (Wildman–Crippen LogP) is 0.747. The van der Waals surface area contributed by atoms with Gasteiger partial charge in [-0.15, -0.1) is 0 Å². The van der Waals surface area contributed by atoms with Gasteiger partial charge in [0.1, 0.15) is 0 Å². The molecule has 7 nitrogen and oxygen atoms in total. The molecule has 1 aromatic heterocycles. The number of amides is 1. The smallest absolute Gasteiger partial charge is 0.321 e. The Morgan fingerprint density at radius 3 is 2.89 bits per heavy atom. The first-order valence-electron chi connectivity index (χ1n) is 5.91. The lowest BCUT2D eigenvalue weighted by molar-refractivity contribution is -0.389. The molecule has 98 valence electrons. The minimum Gasteiger partial charge on any atom is -0.358 e. The van der Waals surface area contributed by atoms with Crippen molar-refractivity contribution >= 4 is 11.7 Å². The standard InChI is InChI=1S/C11H16N4O3/c1-14(8-3-2-6-12-7-8)11(16)9-4-5-10(13-9)15(17)18/h4-5,8,12-13H,2-3,6-7H2,1H3. The van der Waals surface area contributed by atoms with Gasteiger partial charge in [-0.3, -0.25) is 4.79 Å². The van der Waals surface area contributed by atoms with Gasteiger partial charge in [0.05, 0.1) is 0 Å². The van der Waals surface area contributed by atoms with Crippen molar-refractivity contribution in [3.8, 4) is 0 Å². The number of aromatic nitrogens is 1. The monoisotopic (exact) mass is 252 g/mol. The van der Waals surface area contributed by atoms with Crippen molar-refractivity contribution in [3.05, 3.63) is 27.9 Å². The molecule has 1 fully saturated rings. The van der Waals surface area contributed by atoms with Crippen LogP contribution in [0.2, 0.25) is 0 Å². The van der Waals surface area contributed by atoms with Crippen molar-refractivity contribution < 1.29 is 9.72 Å². The summed E-state index contributed by atoms with van der Waals surface area (Å²) in [6.07, 6.45) is 1.99.